The van der Waals surface area contributed by atoms with Gasteiger partial charge in [0.25, 0.3) is 0 Å². The van der Waals surface area contributed by atoms with E-state index >= 15 is 0 Å². The molecule has 1 aromatic heterocycles. The Balaban J connectivity index is 1.98. The first-order chi connectivity index (χ1) is 15.3. The summed E-state index contributed by atoms with van der Waals surface area (Å²) in [6, 6.07) is 11.3. The summed E-state index contributed by atoms with van der Waals surface area (Å²) >= 11 is 1.51. The van der Waals surface area contributed by atoms with E-state index in [4.69, 9.17) is 15.2 Å². The van der Waals surface area contributed by atoms with E-state index in [0.717, 1.165) is 16.3 Å². The summed E-state index contributed by atoms with van der Waals surface area (Å²) in [7, 11) is 1.61. The summed E-state index contributed by atoms with van der Waals surface area (Å²) in [5.41, 5.74) is 9.08. The molecule has 0 saturated heterocycles. The zero-order valence-electron chi connectivity index (χ0n) is 18.8. The second kappa shape index (κ2) is 8.47. The van der Waals surface area contributed by atoms with Crippen LogP contribution in [-0.4, -0.2) is 25.5 Å². The topological polar surface area (TPSA) is 81.9 Å². The Labute approximate surface area is 192 Å². The van der Waals surface area contributed by atoms with Gasteiger partial charge in [-0.1, -0.05) is 19.9 Å². The predicted molar refractivity (Wildman–Crippen MR) is 125 cm³/mol. The predicted octanol–water partition coefficient (Wildman–Crippen LogP) is 4.74. The second-order valence-electron chi connectivity index (χ2n) is 8.80. The molecule has 1 aromatic carbocycles. The first kappa shape index (κ1) is 22.1. The summed E-state index contributed by atoms with van der Waals surface area (Å²) < 4.78 is 10.7. The molecule has 2 aromatic rings. The third-order valence-electron chi connectivity index (χ3n) is 5.91. The quantitative estimate of drug-likeness (QED) is 0.660. The van der Waals surface area contributed by atoms with Gasteiger partial charge in [0.1, 0.15) is 11.6 Å². The third-order valence-corrected chi connectivity index (χ3v) is 6.85. The van der Waals surface area contributed by atoms with Gasteiger partial charge in [0.2, 0.25) is 0 Å². The number of ketones is 1. The summed E-state index contributed by atoms with van der Waals surface area (Å²) in [6.07, 6.45) is 1.08. The number of Topliss-reactive ketones (excluding diaryl/α,β-unsaturated/α-hetero) is 1. The zero-order chi connectivity index (χ0) is 23.0. The zero-order valence-corrected chi connectivity index (χ0v) is 19.6. The Morgan fingerprint density at radius 3 is 2.53 bits per heavy atom. The van der Waals surface area contributed by atoms with Gasteiger partial charge < -0.3 is 15.2 Å². The number of thiophene rings is 1. The van der Waals surface area contributed by atoms with Gasteiger partial charge in [0.05, 0.1) is 25.2 Å². The summed E-state index contributed by atoms with van der Waals surface area (Å²) in [5.74, 6) is 0.0385. The van der Waals surface area contributed by atoms with Crippen LogP contribution in [-0.2, 0) is 14.3 Å². The van der Waals surface area contributed by atoms with Crippen LogP contribution in [0.15, 0.2) is 64.4 Å². The molecule has 0 fully saturated rings. The highest BCUT2D eigenvalue weighted by molar-refractivity contribution is 7.10. The highest BCUT2D eigenvalue weighted by Gasteiger charge is 2.46. The van der Waals surface area contributed by atoms with Gasteiger partial charge in [-0.15, -0.1) is 11.3 Å². The maximum atomic E-state index is 13.5. The number of allylic oxidation sites excluding steroid dienone is 2. The van der Waals surface area contributed by atoms with Gasteiger partial charge >= 0.3 is 5.97 Å². The second-order valence-corrected chi connectivity index (χ2v) is 9.78. The summed E-state index contributed by atoms with van der Waals surface area (Å²) in [5, 5.41) is 1.95. The van der Waals surface area contributed by atoms with Gasteiger partial charge in [-0.05, 0) is 54.5 Å². The molecule has 0 amide bonds. The van der Waals surface area contributed by atoms with Crippen LogP contribution in [0.25, 0.3) is 0 Å². The van der Waals surface area contributed by atoms with E-state index in [2.05, 4.69) is 13.8 Å². The molecule has 32 heavy (non-hydrogen) atoms. The minimum absolute atomic E-state index is 0.0439. The Bertz CT molecular complexity index is 1100. The average molecular weight is 453 g/mol. The fraction of sp³-hybridized carbons (Fsp3) is 0.360. The van der Waals surface area contributed by atoms with Crippen molar-refractivity contribution in [3.63, 3.8) is 0 Å². The lowest BCUT2D eigenvalue weighted by atomic mass is 9.69. The maximum Gasteiger partial charge on any atom is 0.338 e. The minimum Gasteiger partial charge on any atom is -0.497 e. The van der Waals surface area contributed by atoms with Crippen molar-refractivity contribution in [2.45, 2.75) is 39.5 Å². The van der Waals surface area contributed by atoms with E-state index in [1.54, 1.807) is 14.0 Å². The standard InChI is InChI=1S/C25H28N2O4S/c1-5-31-24(29)22-21(19-7-6-12-32-19)20-17(13-25(2,3)14-18(20)28)27(23(22)26)15-8-10-16(30-4)11-9-15/h6-12,21H,5,13-14,26H2,1-4H3. The molecule has 0 radical (unpaired) electrons. The lowest BCUT2D eigenvalue weighted by molar-refractivity contribution is -0.138. The van der Waals surface area contributed by atoms with Crippen LogP contribution in [0.4, 0.5) is 5.69 Å². The first-order valence-electron chi connectivity index (χ1n) is 10.7. The van der Waals surface area contributed by atoms with E-state index in [0.29, 0.717) is 35.6 Å². The van der Waals surface area contributed by atoms with Crippen LogP contribution in [0, 0.1) is 5.41 Å². The SMILES string of the molecule is CCOC(=O)C1=C(N)N(c2ccc(OC)cc2)C2=C(C(=O)CC(C)(C)C2)C1c1cccs1. The number of rotatable bonds is 5. The van der Waals surface area contributed by atoms with Crippen LogP contribution in [0.3, 0.4) is 0 Å². The van der Waals surface area contributed by atoms with Crippen molar-refractivity contribution < 1.29 is 19.1 Å². The smallest absolute Gasteiger partial charge is 0.338 e. The third kappa shape index (κ3) is 3.81. The van der Waals surface area contributed by atoms with Crippen LogP contribution < -0.4 is 15.4 Å². The van der Waals surface area contributed by atoms with Crippen LogP contribution >= 0.6 is 11.3 Å². The number of hydrogen-bond acceptors (Lipinski definition) is 7. The molecule has 168 valence electrons. The lowest BCUT2D eigenvalue weighted by Crippen LogP contribution is -2.43. The number of ether oxygens (including phenoxy) is 2. The van der Waals surface area contributed by atoms with Crippen molar-refractivity contribution in [1.82, 2.24) is 0 Å². The largest absolute Gasteiger partial charge is 0.497 e. The van der Waals surface area contributed by atoms with Crippen molar-refractivity contribution in [2.75, 3.05) is 18.6 Å². The number of anilines is 1. The Kier molecular flexibility index (Phi) is 5.86. The molecule has 2 aliphatic rings. The number of carbonyl (C=O) groups excluding carboxylic acids is 2. The number of nitrogens with zero attached hydrogens (tertiary/aromatic N) is 1. The fourth-order valence-electron chi connectivity index (χ4n) is 4.58. The Hall–Kier alpha value is -3.06. The molecule has 1 aliphatic carbocycles. The molecular formula is C25H28N2O4S. The van der Waals surface area contributed by atoms with E-state index in [-0.39, 0.29) is 17.8 Å². The van der Waals surface area contributed by atoms with Crippen molar-refractivity contribution in [3.05, 3.63) is 69.3 Å². The molecule has 4 rings (SSSR count). The summed E-state index contributed by atoms with van der Waals surface area (Å²) in [4.78, 5) is 29.5. The number of carbonyl (C=O) groups is 2. The molecule has 2 heterocycles. The number of nitrogens with two attached hydrogens (primary N) is 1. The van der Waals surface area contributed by atoms with Crippen molar-refractivity contribution in [2.24, 2.45) is 11.1 Å². The number of hydrogen-bond donors (Lipinski definition) is 1. The number of esters is 1. The van der Waals surface area contributed by atoms with Gasteiger partial charge in [0, 0.05) is 28.3 Å². The van der Waals surface area contributed by atoms with Crippen molar-refractivity contribution in [3.8, 4) is 5.75 Å². The molecular weight excluding hydrogens is 424 g/mol. The highest BCUT2D eigenvalue weighted by Crippen LogP contribution is 2.51. The fourth-order valence-corrected chi connectivity index (χ4v) is 5.43. The van der Waals surface area contributed by atoms with Gasteiger partial charge in [-0.2, -0.15) is 0 Å². The average Bonchev–Trinajstić information content (AvgIpc) is 3.27. The molecule has 1 aliphatic heterocycles. The number of benzene rings is 1. The van der Waals surface area contributed by atoms with E-state index in [1.165, 1.54) is 11.3 Å². The van der Waals surface area contributed by atoms with Gasteiger partial charge in [-0.25, -0.2) is 4.79 Å². The van der Waals surface area contributed by atoms with Crippen molar-refractivity contribution in [1.29, 1.82) is 0 Å². The van der Waals surface area contributed by atoms with E-state index in [9.17, 15) is 9.59 Å². The first-order valence-corrected chi connectivity index (χ1v) is 11.6. The molecule has 1 atom stereocenters. The monoisotopic (exact) mass is 452 g/mol. The van der Waals surface area contributed by atoms with E-state index in [1.807, 2.05) is 46.7 Å². The molecule has 0 bridgehead atoms. The Morgan fingerprint density at radius 2 is 1.94 bits per heavy atom. The van der Waals surface area contributed by atoms with Crippen LogP contribution in [0.2, 0.25) is 0 Å². The molecule has 0 saturated carbocycles. The minimum atomic E-state index is -0.526. The van der Waals surface area contributed by atoms with Gasteiger partial charge in [0.15, 0.2) is 5.78 Å². The molecule has 6 nitrogen and oxygen atoms in total. The lowest BCUT2D eigenvalue weighted by Gasteiger charge is -2.44. The van der Waals surface area contributed by atoms with E-state index < -0.39 is 11.9 Å². The van der Waals surface area contributed by atoms with Crippen LogP contribution in [0.5, 0.6) is 5.75 Å². The molecule has 0 spiro atoms. The van der Waals surface area contributed by atoms with Crippen molar-refractivity contribution >= 4 is 28.8 Å². The molecule has 2 N–H and O–H groups in total. The maximum absolute atomic E-state index is 13.5. The molecule has 1 unspecified atom stereocenters. The molecule has 7 heteroatoms. The van der Waals surface area contributed by atoms with Gasteiger partial charge in [-0.3, -0.25) is 9.69 Å². The van der Waals surface area contributed by atoms with Crippen LogP contribution in [0.1, 0.15) is 44.4 Å². The normalized spacial score (nSPS) is 20.3. The Morgan fingerprint density at radius 1 is 1.22 bits per heavy atom. The number of methoxy groups -OCH3 is 1. The summed E-state index contributed by atoms with van der Waals surface area (Å²) in [6.45, 7) is 6.16. The highest BCUT2D eigenvalue weighted by atomic mass is 32.1.